The smallest absolute Gasteiger partial charge is 0.424 e. The lowest BCUT2D eigenvalue weighted by atomic mass is 9.81. The van der Waals surface area contributed by atoms with E-state index in [1.807, 2.05) is 5.32 Å². The van der Waals surface area contributed by atoms with Gasteiger partial charge in [-0.1, -0.05) is 11.6 Å². The van der Waals surface area contributed by atoms with Crippen molar-refractivity contribution in [3.05, 3.63) is 76.1 Å². The molecule has 1 aliphatic rings. The number of rotatable bonds is 8. The van der Waals surface area contributed by atoms with Gasteiger partial charge in [0.25, 0.3) is 12.3 Å². The van der Waals surface area contributed by atoms with Gasteiger partial charge in [0.05, 0.1) is 29.9 Å². The van der Waals surface area contributed by atoms with Gasteiger partial charge in [-0.05, 0) is 37.3 Å². The molecule has 17 heteroatoms. The van der Waals surface area contributed by atoms with Crippen molar-refractivity contribution in [2.75, 3.05) is 20.3 Å². The SMILES string of the molecule is COc1cc(C(=O)NC[C@](O)(c2cc3c(c(-c4ccc(F)c(Cl)c4)n2)OC[C@]3(C)C(N)=O)C(F)(F)F)cn2cc(C(F)F)nc12. The normalized spacial score (nSPS) is 17.6. The lowest BCUT2D eigenvalue weighted by Gasteiger charge is -2.31. The number of alkyl halides is 5. The molecule has 0 spiro atoms. The number of nitrogens with zero attached hydrogens (tertiary/aromatic N) is 3. The molecule has 4 heterocycles. The summed E-state index contributed by atoms with van der Waals surface area (Å²) in [7, 11) is 1.17. The van der Waals surface area contributed by atoms with Crippen molar-refractivity contribution in [1.82, 2.24) is 19.7 Å². The number of nitrogens with one attached hydrogen (secondary N) is 1. The number of methoxy groups -OCH3 is 1. The van der Waals surface area contributed by atoms with E-state index in [9.17, 15) is 41.0 Å². The molecular weight excluding hydrogens is 636 g/mol. The second-order valence-corrected chi connectivity index (χ2v) is 10.8. The number of aliphatic hydroxyl groups is 1. The number of ether oxygens (including phenoxy) is 2. The highest BCUT2D eigenvalue weighted by Gasteiger charge is 2.57. The van der Waals surface area contributed by atoms with Gasteiger partial charge >= 0.3 is 6.18 Å². The predicted octanol–water partition coefficient (Wildman–Crippen LogP) is 4.45. The number of halogens is 7. The molecule has 1 aromatic carbocycles. The Morgan fingerprint density at radius 3 is 2.53 bits per heavy atom. The molecule has 0 aliphatic carbocycles. The van der Waals surface area contributed by atoms with Crippen molar-refractivity contribution in [3.63, 3.8) is 0 Å². The monoisotopic (exact) mass is 657 g/mol. The summed E-state index contributed by atoms with van der Waals surface area (Å²) >= 11 is 5.89. The number of carbonyl (C=O) groups excluding carboxylic acids is 2. The first-order valence-corrected chi connectivity index (χ1v) is 13.2. The van der Waals surface area contributed by atoms with E-state index >= 15 is 0 Å². The Bertz CT molecular complexity index is 1850. The van der Waals surface area contributed by atoms with Crippen LogP contribution in [0.2, 0.25) is 5.02 Å². The minimum Gasteiger partial charge on any atom is -0.493 e. The highest BCUT2D eigenvalue weighted by Crippen LogP contribution is 2.48. The van der Waals surface area contributed by atoms with Crippen molar-refractivity contribution < 1.29 is 50.5 Å². The Kier molecular flexibility index (Phi) is 7.85. The van der Waals surface area contributed by atoms with E-state index in [1.165, 1.54) is 14.0 Å². The maximum absolute atomic E-state index is 14.7. The molecule has 0 fully saturated rings. The molecule has 2 amide bonds. The molecule has 2 atom stereocenters. The van der Waals surface area contributed by atoms with Crippen LogP contribution in [0.1, 0.15) is 40.7 Å². The zero-order chi connectivity index (χ0) is 33.1. The topological polar surface area (TPSA) is 141 Å². The summed E-state index contributed by atoms with van der Waals surface area (Å²) in [5.74, 6) is -3.21. The molecule has 5 rings (SSSR count). The zero-order valence-electron chi connectivity index (χ0n) is 23.2. The van der Waals surface area contributed by atoms with Crippen LogP contribution in [0.5, 0.6) is 11.5 Å². The first-order chi connectivity index (χ1) is 21.0. The maximum atomic E-state index is 14.7. The van der Waals surface area contributed by atoms with Crippen LogP contribution in [0.3, 0.4) is 0 Å². The molecule has 0 unspecified atom stereocenters. The molecule has 0 radical (unpaired) electrons. The number of aromatic nitrogens is 3. The van der Waals surface area contributed by atoms with E-state index in [4.69, 9.17) is 26.8 Å². The van der Waals surface area contributed by atoms with E-state index < -0.39 is 64.2 Å². The number of primary amides is 1. The fraction of sp³-hybridized carbons (Fsp3) is 0.286. The standard InChI is InChI=1S/C28H22ClF6N5O5/c1-26(25(36)42)11-45-21-14(26)7-19(39-20(21)12-3-4-16(30)15(29)5-12)27(43,28(33,34)35)10-37-24(41)13-6-18(44-2)23-38-17(22(31)32)9-40(23)8-13/h3-9,22,43H,10-11H2,1-2H3,(H2,36,42)(H,37,41)/t26-,27-/m0/s1. The van der Waals surface area contributed by atoms with E-state index in [-0.39, 0.29) is 46.1 Å². The van der Waals surface area contributed by atoms with E-state index in [0.29, 0.717) is 0 Å². The van der Waals surface area contributed by atoms with E-state index in [1.54, 1.807) is 0 Å². The van der Waals surface area contributed by atoms with Crippen LogP contribution in [-0.4, -0.2) is 57.7 Å². The number of amides is 2. The number of carbonyl (C=O) groups is 2. The van der Waals surface area contributed by atoms with Crippen molar-refractivity contribution in [2.24, 2.45) is 5.73 Å². The lowest BCUT2D eigenvalue weighted by Crippen LogP contribution is -2.51. The minimum atomic E-state index is -5.47. The number of pyridine rings is 2. The molecule has 0 saturated heterocycles. The van der Waals surface area contributed by atoms with Gasteiger partial charge in [0.15, 0.2) is 11.4 Å². The predicted molar refractivity (Wildman–Crippen MR) is 146 cm³/mol. The highest BCUT2D eigenvalue weighted by molar-refractivity contribution is 6.31. The Hall–Kier alpha value is -4.57. The quantitative estimate of drug-likeness (QED) is 0.238. The molecule has 10 nitrogen and oxygen atoms in total. The molecule has 45 heavy (non-hydrogen) atoms. The van der Waals surface area contributed by atoms with Crippen LogP contribution in [0.15, 0.2) is 42.7 Å². The Balaban J connectivity index is 1.59. The fourth-order valence-electron chi connectivity index (χ4n) is 4.75. The average Bonchev–Trinajstić information content (AvgIpc) is 3.58. The summed E-state index contributed by atoms with van der Waals surface area (Å²) in [5.41, 5.74) is -2.51. The third kappa shape index (κ3) is 5.37. The second-order valence-electron chi connectivity index (χ2n) is 10.4. The third-order valence-electron chi connectivity index (χ3n) is 7.45. The fourth-order valence-corrected chi connectivity index (χ4v) is 4.93. The van der Waals surface area contributed by atoms with Crippen LogP contribution in [0, 0.1) is 5.82 Å². The van der Waals surface area contributed by atoms with Gasteiger partial charge < -0.3 is 30.0 Å². The molecule has 4 aromatic rings. The zero-order valence-corrected chi connectivity index (χ0v) is 23.9. The van der Waals surface area contributed by atoms with E-state index in [0.717, 1.165) is 47.1 Å². The molecule has 0 bridgehead atoms. The summed E-state index contributed by atoms with van der Waals surface area (Å²) in [5, 5.41) is 12.8. The average molecular weight is 658 g/mol. The van der Waals surface area contributed by atoms with Crippen molar-refractivity contribution >= 4 is 29.1 Å². The van der Waals surface area contributed by atoms with E-state index in [2.05, 4.69) is 9.97 Å². The Morgan fingerprint density at radius 1 is 1.22 bits per heavy atom. The van der Waals surface area contributed by atoms with Crippen LogP contribution in [0.25, 0.3) is 16.9 Å². The first kappa shape index (κ1) is 31.8. The first-order valence-electron chi connectivity index (χ1n) is 12.9. The summed E-state index contributed by atoms with van der Waals surface area (Å²) in [6, 6.07) is 5.03. The largest absolute Gasteiger partial charge is 0.493 e. The number of imidazole rings is 1. The van der Waals surface area contributed by atoms with Gasteiger partial charge in [-0.3, -0.25) is 9.59 Å². The van der Waals surface area contributed by atoms with Gasteiger partial charge in [0.1, 0.15) is 35.0 Å². The minimum absolute atomic E-state index is 0.00863. The van der Waals surface area contributed by atoms with Gasteiger partial charge in [0.2, 0.25) is 11.5 Å². The second kappa shape index (κ2) is 11.1. The van der Waals surface area contributed by atoms with Crippen LogP contribution in [0.4, 0.5) is 26.3 Å². The van der Waals surface area contributed by atoms with Crippen molar-refractivity contribution in [2.45, 2.75) is 30.5 Å². The maximum Gasteiger partial charge on any atom is 0.424 e. The molecule has 1 aliphatic heterocycles. The number of hydrogen-bond acceptors (Lipinski definition) is 7. The molecule has 238 valence electrons. The van der Waals surface area contributed by atoms with Gasteiger partial charge in [-0.15, -0.1) is 0 Å². The third-order valence-corrected chi connectivity index (χ3v) is 7.74. The van der Waals surface area contributed by atoms with Crippen molar-refractivity contribution in [3.8, 4) is 22.8 Å². The number of benzene rings is 1. The molecule has 3 aromatic heterocycles. The molecule has 0 saturated carbocycles. The number of nitrogens with two attached hydrogens (primary N) is 1. The number of fused-ring (bicyclic) bond motifs is 2. The molecular formula is C28H22ClF6N5O5. The molecule has 4 N–H and O–H groups in total. The summed E-state index contributed by atoms with van der Waals surface area (Å²) in [4.78, 5) is 33.2. The van der Waals surface area contributed by atoms with Gasteiger partial charge in [-0.25, -0.2) is 23.1 Å². The van der Waals surface area contributed by atoms with Crippen molar-refractivity contribution in [1.29, 1.82) is 0 Å². The van der Waals surface area contributed by atoms with Gasteiger partial charge in [-0.2, -0.15) is 13.2 Å². The van der Waals surface area contributed by atoms with Gasteiger partial charge in [0, 0.05) is 23.5 Å². The highest BCUT2D eigenvalue weighted by atomic mass is 35.5. The summed E-state index contributed by atoms with van der Waals surface area (Å²) in [6.45, 7) is -0.553. The Morgan fingerprint density at radius 2 is 1.93 bits per heavy atom. The Labute approximate surface area is 254 Å². The number of hydrogen-bond donors (Lipinski definition) is 3. The lowest BCUT2D eigenvalue weighted by molar-refractivity contribution is -0.265. The summed E-state index contributed by atoms with van der Waals surface area (Å²) < 4.78 is 96.0. The van der Waals surface area contributed by atoms with Crippen LogP contribution in [-0.2, 0) is 15.8 Å². The van der Waals surface area contributed by atoms with Crippen LogP contribution < -0.4 is 20.5 Å². The van der Waals surface area contributed by atoms with Crippen LogP contribution >= 0.6 is 11.6 Å². The summed E-state index contributed by atoms with van der Waals surface area (Å²) in [6.07, 6.45) is -6.47.